The molecule has 1 aliphatic rings. The van der Waals surface area contributed by atoms with Crippen molar-refractivity contribution in [3.8, 4) is 0 Å². The van der Waals surface area contributed by atoms with E-state index in [9.17, 15) is 0 Å². The highest BCUT2D eigenvalue weighted by Gasteiger charge is 2.18. The van der Waals surface area contributed by atoms with E-state index in [1.54, 1.807) is 4.68 Å². The van der Waals surface area contributed by atoms with Crippen LogP contribution in [0.2, 0.25) is 0 Å². The number of ether oxygens (including phenoxy) is 1. The molecule has 1 aromatic heterocycles. The molecular weight excluding hydrogens is 142 g/mol. The predicted molar refractivity (Wildman–Crippen MR) is 41.4 cm³/mol. The summed E-state index contributed by atoms with van der Waals surface area (Å²) in [4.78, 5) is 0. The molecule has 1 aromatic rings. The third kappa shape index (κ3) is 1.35. The quantitative estimate of drug-likeness (QED) is 0.661. The SMILES string of the molecule is Cn1ccc(NC2COC2)n1. The Hall–Kier alpha value is -1.03. The number of aryl methyl sites for hydroxylation is 1. The highest BCUT2D eigenvalue weighted by molar-refractivity contribution is 5.34. The number of aromatic nitrogens is 2. The fraction of sp³-hybridized carbons (Fsp3) is 0.571. The summed E-state index contributed by atoms with van der Waals surface area (Å²) >= 11 is 0. The molecule has 1 fully saturated rings. The lowest BCUT2D eigenvalue weighted by molar-refractivity contribution is 0.0209. The molecule has 2 rings (SSSR count). The first-order valence-electron chi connectivity index (χ1n) is 3.68. The zero-order valence-electron chi connectivity index (χ0n) is 6.45. The van der Waals surface area contributed by atoms with Gasteiger partial charge in [0.15, 0.2) is 0 Å². The second kappa shape index (κ2) is 2.54. The Bertz CT molecular complexity index is 242. The third-order valence-electron chi connectivity index (χ3n) is 1.70. The van der Waals surface area contributed by atoms with Crippen molar-refractivity contribution in [3.63, 3.8) is 0 Å². The van der Waals surface area contributed by atoms with Crippen LogP contribution in [-0.2, 0) is 11.8 Å². The lowest BCUT2D eigenvalue weighted by Crippen LogP contribution is -2.40. The van der Waals surface area contributed by atoms with Crippen LogP contribution in [0.1, 0.15) is 0 Å². The molecule has 0 unspecified atom stereocenters. The number of nitrogens with one attached hydrogen (secondary N) is 1. The number of hydrogen-bond donors (Lipinski definition) is 1. The Morgan fingerprint density at radius 3 is 3.00 bits per heavy atom. The minimum atomic E-state index is 0.463. The van der Waals surface area contributed by atoms with Gasteiger partial charge in [0.05, 0.1) is 19.3 Å². The van der Waals surface area contributed by atoms with Crippen LogP contribution in [0.4, 0.5) is 5.82 Å². The second-order valence-corrected chi connectivity index (χ2v) is 2.75. The molecule has 0 aliphatic carbocycles. The molecule has 1 saturated heterocycles. The molecule has 11 heavy (non-hydrogen) atoms. The molecule has 0 amide bonds. The first kappa shape index (κ1) is 6.67. The second-order valence-electron chi connectivity index (χ2n) is 2.75. The molecule has 0 bridgehead atoms. The van der Waals surface area contributed by atoms with E-state index >= 15 is 0 Å². The van der Waals surface area contributed by atoms with Crippen molar-refractivity contribution < 1.29 is 4.74 Å². The molecule has 4 heteroatoms. The van der Waals surface area contributed by atoms with E-state index in [1.807, 2.05) is 19.3 Å². The smallest absolute Gasteiger partial charge is 0.148 e. The van der Waals surface area contributed by atoms with Gasteiger partial charge < -0.3 is 10.1 Å². The first-order valence-corrected chi connectivity index (χ1v) is 3.68. The molecule has 4 nitrogen and oxygen atoms in total. The van der Waals surface area contributed by atoms with Gasteiger partial charge in [0.2, 0.25) is 0 Å². The van der Waals surface area contributed by atoms with Crippen molar-refractivity contribution in [1.82, 2.24) is 9.78 Å². The van der Waals surface area contributed by atoms with Gasteiger partial charge in [-0.3, -0.25) is 4.68 Å². The molecule has 1 aliphatic heterocycles. The number of nitrogens with zero attached hydrogens (tertiary/aromatic N) is 2. The maximum Gasteiger partial charge on any atom is 0.148 e. The summed E-state index contributed by atoms with van der Waals surface area (Å²) in [5.41, 5.74) is 0. The summed E-state index contributed by atoms with van der Waals surface area (Å²) in [6.07, 6.45) is 1.92. The Morgan fingerprint density at radius 1 is 1.73 bits per heavy atom. The Labute approximate surface area is 65.2 Å². The van der Waals surface area contributed by atoms with Crippen molar-refractivity contribution in [2.75, 3.05) is 18.5 Å². The monoisotopic (exact) mass is 153 g/mol. The lowest BCUT2D eigenvalue weighted by atomic mass is 10.2. The van der Waals surface area contributed by atoms with E-state index in [0.29, 0.717) is 6.04 Å². The average Bonchev–Trinajstić information content (AvgIpc) is 2.27. The maximum absolute atomic E-state index is 5.02. The van der Waals surface area contributed by atoms with Gasteiger partial charge in [-0.1, -0.05) is 0 Å². The van der Waals surface area contributed by atoms with Crippen LogP contribution in [0, 0.1) is 0 Å². The Balaban J connectivity index is 1.95. The van der Waals surface area contributed by atoms with Crippen molar-refractivity contribution in [3.05, 3.63) is 12.3 Å². The number of hydrogen-bond acceptors (Lipinski definition) is 3. The van der Waals surface area contributed by atoms with E-state index in [2.05, 4.69) is 10.4 Å². The van der Waals surface area contributed by atoms with Crippen LogP contribution in [0.25, 0.3) is 0 Å². The van der Waals surface area contributed by atoms with E-state index in [0.717, 1.165) is 19.0 Å². The van der Waals surface area contributed by atoms with Gasteiger partial charge in [-0.2, -0.15) is 5.10 Å². The van der Waals surface area contributed by atoms with Crippen molar-refractivity contribution in [2.24, 2.45) is 7.05 Å². The molecule has 0 saturated carbocycles. The number of anilines is 1. The largest absolute Gasteiger partial charge is 0.377 e. The molecule has 60 valence electrons. The normalized spacial score (nSPS) is 17.9. The van der Waals surface area contributed by atoms with Crippen LogP contribution in [0.15, 0.2) is 12.3 Å². The Kier molecular flexibility index (Phi) is 1.54. The molecule has 0 aromatic carbocycles. The fourth-order valence-electron chi connectivity index (χ4n) is 1.02. The van der Waals surface area contributed by atoms with Gasteiger partial charge in [0, 0.05) is 19.3 Å². The van der Waals surface area contributed by atoms with Gasteiger partial charge in [-0.15, -0.1) is 0 Å². The van der Waals surface area contributed by atoms with Gasteiger partial charge in [0.1, 0.15) is 5.82 Å². The van der Waals surface area contributed by atoms with Crippen molar-refractivity contribution in [1.29, 1.82) is 0 Å². The lowest BCUT2D eigenvalue weighted by Gasteiger charge is -2.26. The van der Waals surface area contributed by atoms with Crippen molar-refractivity contribution >= 4 is 5.82 Å². The maximum atomic E-state index is 5.02. The van der Waals surface area contributed by atoms with Gasteiger partial charge in [0.25, 0.3) is 0 Å². The van der Waals surface area contributed by atoms with Crippen LogP contribution < -0.4 is 5.32 Å². The summed E-state index contributed by atoms with van der Waals surface area (Å²) in [6, 6.07) is 2.42. The summed E-state index contributed by atoms with van der Waals surface area (Å²) in [5, 5.41) is 7.42. The first-order chi connectivity index (χ1) is 5.34. The van der Waals surface area contributed by atoms with Crippen LogP contribution in [0.3, 0.4) is 0 Å². The molecule has 1 N–H and O–H groups in total. The van der Waals surface area contributed by atoms with E-state index in [-0.39, 0.29) is 0 Å². The molecule has 0 radical (unpaired) electrons. The van der Waals surface area contributed by atoms with E-state index in [4.69, 9.17) is 4.74 Å². The standard InChI is InChI=1S/C7H11N3O/c1-10-3-2-7(9-10)8-6-4-11-5-6/h2-3,6H,4-5H2,1H3,(H,8,9). The highest BCUT2D eigenvalue weighted by atomic mass is 16.5. The van der Waals surface area contributed by atoms with Gasteiger partial charge in [-0.05, 0) is 0 Å². The van der Waals surface area contributed by atoms with E-state index in [1.165, 1.54) is 0 Å². The topological polar surface area (TPSA) is 39.1 Å². The zero-order chi connectivity index (χ0) is 7.68. The molecule has 2 heterocycles. The van der Waals surface area contributed by atoms with E-state index < -0.39 is 0 Å². The number of rotatable bonds is 2. The van der Waals surface area contributed by atoms with Gasteiger partial charge >= 0.3 is 0 Å². The average molecular weight is 153 g/mol. The minimum Gasteiger partial charge on any atom is -0.377 e. The molecule has 0 spiro atoms. The summed E-state index contributed by atoms with van der Waals surface area (Å²) < 4.78 is 6.80. The van der Waals surface area contributed by atoms with Crippen LogP contribution in [0.5, 0.6) is 0 Å². The van der Waals surface area contributed by atoms with Crippen LogP contribution in [-0.4, -0.2) is 29.0 Å². The summed E-state index contributed by atoms with van der Waals surface area (Å²) in [7, 11) is 1.91. The van der Waals surface area contributed by atoms with Gasteiger partial charge in [-0.25, -0.2) is 0 Å². The minimum absolute atomic E-state index is 0.463. The zero-order valence-corrected chi connectivity index (χ0v) is 6.45. The predicted octanol–water partition coefficient (Wildman–Crippen LogP) is 0.231. The highest BCUT2D eigenvalue weighted by Crippen LogP contribution is 2.08. The third-order valence-corrected chi connectivity index (χ3v) is 1.70. The molecular formula is C7H11N3O. The van der Waals surface area contributed by atoms with Crippen LogP contribution >= 0.6 is 0 Å². The fourth-order valence-corrected chi connectivity index (χ4v) is 1.02. The summed E-state index contributed by atoms with van der Waals surface area (Å²) in [5.74, 6) is 0.931. The molecule has 0 atom stereocenters. The summed E-state index contributed by atoms with van der Waals surface area (Å²) in [6.45, 7) is 1.60. The van der Waals surface area contributed by atoms with Crippen molar-refractivity contribution in [2.45, 2.75) is 6.04 Å². The Morgan fingerprint density at radius 2 is 2.55 bits per heavy atom.